The van der Waals surface area contributed by atoms with E-state index in [2.05, 4.69) is 25.3 Å². The lowest BCUT2D eigenvalue weighted by Gasteiger charge is -2.34. The lowest BCUT2D eigenvalue weighted by Crippen LogP contribution is -2.43. The lowest BCUT2D eigenvalue weighted by molar-refractivity contribution is 0.0374. The lowest BCUT2D eigenvalue weighted by atomic mass is 10.2. The minimum Gasteiger partial charge on any atom is -0.384 e. The van der Waals surface area contributed by atoms with Crippen molar-refractivity contribution in [1.82, 2.24) is 19.7 Å². The highest BCUT2D eigenvalue weighted by molar-refractivity contribution is 5.44. The highest BCUT2D eigenvalue weighted by Gasteiger charge is 2.21. The Hall–Kier alpha value is -2.68. The monoisotopic (exact) mass is 331 g/mol. The maximum Gasteiger partial charge on any atom is 0.268 e. The average Bonchev–Trinajstić information content (AvgIpc) is 2.58. The van der Waals surface area contributed by atoms with Crippen LogP contribution in [0.1, 0.15) is 6.42 Å². The highest BCUT2D eigenvalue weighted by Crippen LogP contribution is 2.16. The van der Waals surface area contributed by atoms with Crippen LogP contribution in [0.5, 0.6) is 0 Å². The van der Waals surface area contributed by atoms with Crippen molar-refractivity contribution in [3.63, 3.8) is 0 Å². The van der Waals surface area contributed by atoms with E-state index in [9.17, 15) is 4.79 Å². The van der Waals surface area contributed by atoms with Gasteiger partial charge in [0.15, 0.2) is 0 Å². The molecule has 3 N–H and O–H groups in total. The number of hydrogen-bond acceptors (Lipinski definition) is 8. The maximum absolute atomic E-state index is 11.7. The van der Waals surface area contributed by atoms with Crippen molar-refractivity contribution in [3.8, 4) is 0 Å². The molecule has 1 fully saturated rings. The number of anilines is 3. The fourth-order valence-electron chi connectivity index (χ4n) is 2.59. The molecule has 2 aromatic heterocycles. The minimum absolute atomic E-state index is 0.0782. The van der Waals surface area contributed by atoms with E-state index in [4.69, 9.17) is 10.5 Å². The second kappa shape index (κ2) is 7.26. The molecule has 0 bridgehead atoms. The SMILES string of the molecule is Cn1ncc(N2CCOC(CCNc3cc(N)ncn3)C2)cc1=O. The molecule has 3 rings (SSSR count). The molecular formula is C15H21N7O2. The van der Waals surface area contributed by atoms with Gasteiger partial charge >= 0.3 is 0 Å². The van der Waals surface area contributed by atoms with Crippen LogP contribution in [0.15, 0.2) is 29.5 Å². The van der Waals surface area contributed by atoms with Crippen LogP contribution >= 0.6 is 0 Å². The Balaban J connectivity index is 1.53. The van der Waals surface area contributed by atoms with E-state index in [1.807, 2.05) is 0 Å². The zero-order valence-corrected chi connectivity index (χ0v) is 13.6. The standard InChI is InChI=1S/C15H21N7O2/c1-21-15(23)6-11(8-20-21)22-4-5-24-12(9-22)2-3-17-14-7-13(16)18-10-19-14/h6-8,10,12H,2-5,9H2,1H3,(H3,16,17,18,19). The summed E-state index contributed by atoms with van der Waals surface area (Å²) < 4.78 is 7.12. The first-order chi connectivity index (χ1) is 11.6. The van der Waals surface area contributed by atoms with E-state index >= 15 is 0 Å². The molecule has 0 spiro atoms. The van der Waals surface area contributed by atoms with E-state index in [0.717, 1.165) is 25.2 Å². The van der Waals surface area contributed by atoms with Crippen molar-refractivity contribution in [1.29, 1.82) is 0 Å². The number of nitrogens with two attached hydrogens (primary N) is 1. The summed E-state index contributed by atoms with van der Waals surface area (Å²) in [6, 6.07) is 3.30. The Morgan fingerprint density at radius 1 is 1.42 bits per heavy atom. The Labute approximate surface area is 139 Å². The van der Waals surface area contributed by atoms with Gasteiger partial charge in [0.2, 0.25) is 0 Å². The number of nitrogens with one attached hydrogen (secondary N) is 1. The molecule has 0 radical (unpaired) electrons. The van der Waals surface area contributed by atoms with Crippen molar-refractivity contribution in [2.45, 2.75) is 12.5 Å². The van der Waals surface area contributed by atoms with E-state index in [1.165, 1.54) is 11.0 Å². The van der Waals surface area contributed by atoms with Gasteiger partial charge in [-0.3, -0.25) is 4.79 Å². The van der Waals surface area contributed by atoms with E-state index < -0.39 is 0 Å². The molecular weight excluding hydrogens is 310 g/mol. The third-order valence-corrected chi connectivity index (χ3v) is 3.92. The van der Waals surface area contributed by atoms with Gasteiger partial charge in [-0.25, -0.2) is 14.6 Å². The van der Waals surface area contributed by atoms with Gasteiger partial charge in [-0.05, 0) is 6.42 Å². The zero-order valence-electron chi connectivity index (χ0n) is 13.6. The molecule has 0 aliphatic carbocycles. The molecule has 128 valence electrons. The summed E-state index contributed by atoms with van der Waals surface area (Å²) in [6.07, 6.45) is 4.04. The summed E-state index contributed by atoms with van der Waals surface area (Å²) in [4.78, 5) is 21.8. The quantitative estimate of drug-likeness (QED) is 0.779. The van der Waals surface area contributed by atoms with Crippen molar-refractivity contribution in [2.24, 2.45) is 7.05 Å². The van der Waals surface area contributed by atoms with Crippen molar-refractivity contribution >= 4 is 17.3 Å². The van der Waals surface area contributed by atoms with E-state index in [0.29, 0.717) is 24.8 Å². The van der Waals surface area contributed by atoms with Crippen LogP contribution in [0.4, 0.5) is 17.3 Å². The Bertz CT molecular complexity index is 749. The molecule has 0 aromatic carbocycles. The molecule has 24 heavy (non-hydrogen) atoms. The van der Waals surface area contributed by atoms with Crippen LogP contribution in [0.3, 0.4) is 0 Å². The second-order valence-corrected chi connectivity index (χ2v) is 5.66. The number of nitrogen functional groups attached to an aromatic ring is 1. The Morgan fingerprint density at radius 2 is 2.29 bits per heavy atom. The smallest absolute Gasteiger partial charge is 0.268 e. The summed E-state index contributed by atoms with van der Waals surface area (Å²) in [5.74, 6) is 1.14. The number of ether oxygens (including phenoxy) is 1. The molecule has 1 aliphatic rings. The van der Waals surface area contributed by atoms with Gasteiger partial charge in [0, 0.05) is 38.8 Å². The fraction of sp³-hybridized carbons (Fsp3) is 0.467. The molecule has 1 unspecified atom stereocenters. The average molecular weight is 331 g/mol. The number of morpholine rings is 1. The third-order valence-electron chi connectivity index (χ3n) is 3.92. The molecule has 1 atom stereocenters. The van der Waals surface area contributed by atoms with Gasteiger partial charge in [0.25, 0.3) is 5.56 Å². The zero-order chi connectivity index (χ0) is 16.9. The Kier molecular flexibility index (Phi) is 4.90. The summed E-state index contributed by atoms with van der Waals surface area (Å²) in [7, 11) is 1.64. The minimum atomic E-state index is -0.112. The highest BCUT2D eigenvalue weighted by atomic mass is 16.5. The molecule has 9 nitrogen and oxygen atoms in total. The molecule has 3 heterocycles. The van der Waals surface area contributed by atoms with Gasteiger partial charge in [0.05, 0.1) is 24.6 Å². The molecule has 0 amide bonds. The van der Waals surface area contributed by atoms with Crippen molar-refractivity contribution < 1.29 is 4.74 Å². The maximum atomic E-state index is 11.7. The second-order valence-electron chi connectivity index (χ2n) is 5.66. The first kappa shape index (κ1) is 16.2. The molecule has 2 aromatic rings. The molecule has 1 saturated heterocycles. The normalized spacial score (nSPS) is 17.7. The van der Waals surface area contributed by atoms with E-state index in [-0.39, 0.29) is 11.7 Å². The van der Waals surface area contributed by atoms with Gasteiger partial charge in [-0.2, -0.15) is 5.10 Å². The molecule has 0 saturated carbocycles. The van der Waals surface area contributed by atoms with E-state index in [1.54, 1.807) is 25.4 Å². The van der Waals surface area contributed by atoms with Crippen LogP contribution in [0, 0.1) is 0 Å². The molecule has 9 heteroatoms. The van der Waals surface area contributed by atoms with Crippen LogP contribution in [0.2, 0.25) is 0 Å². The predicted molar refractivity (Wildman–Crippen MR) is 91.0 cm³/mol. The summed E-state index contributed by atoms with van der Waals surface area (Å²) in [6.45, 7) is 2.81. The number of nitrogens with zero attached hydrogens (tertiary/aromatic N) is 5. The van der Waals surface area contributed by atoms with Crippen LogP contribution in [0.25, 0.3) is 0 Å². The number of rotatable bonds is 5. The number of aryl methyl sites for hydroxylation is 1. The van der Waals surface area contributed by atoms with Crippen LogP contribution < -0.4 is 21.5 Å². The van der Waals surface area contributed by atoms with Crippen molar-refractivity contribution in [3.05, 3.63) is 35.0 Å². The summed E-state index contributed by atoms with van der Waals surface area (Å²) in [5.41, 5.74) is 6.35. The van der Waals surface area contributed by atoms with Gasteiger partial charge in [-0.1, -0.05) is 0 Å². The Morgan fingerprint density at radius 3 is 3.08 bits per heavy atom. The molecule has 1 aliphatic heterocycles. The number of hydrogen-bond donors (Lipinski definition) is 2. The van der Waals surface area contributed by atoms with Crippen LogP contribution in [-0.4, -0.2) is 52.1 Å². The summed E-state index contributed by atoms with van der Waals surface area (Å²) >= 11 is 0. The largest absolute Gasteiger partial charge is 0.384 e. The fourth-order valence-corrected chi connectivity index (χ4v) is 2.59. The van der Waals surface area contributed by atoms with Gasteiger partial charge < -0.3 is 20.7 Å². The summed E-state index contributed by atoms with van der Waals surface area (Å²) in [5, 5.41) is 7.28. The first-order valence-corrected chi connectivity index (χ1v) is 7.83. The predicted octanol–water partition coefficient (Wildman–Crippen LogP) is -0.140. The third kappa shape index (κ3) is 3.99. The van der Waals surface area contributed by atoms with Gasteiger partial charge in [0.1, 0.15) is 18.0 Å². The topological polar surface area (TPSA) is 111 Å². The number of aromatic nitrogens is 4. The van der Waals surface area contributed by atoms with Crippen LogP contribution in [-0.2, 0) is 11.8 Å². The first-order valence-electron chi connectivity index (χ1n) is 7.83. The van der Waals surface area contributed by atoms with Crippen molar-refractivity contribution in [2.75, 3.05) is 42.2 Å². The van der Waals surface area contributed by atoms with Gasteiger partial charge in [-0.15, -0.1) is 0 Å².